The topological polar surface area (TPSA) is 55.1 Å². The lowest BCUT2D eigenvalue weighted by Crippen LogP contribution is -2.16. The Bertz CT molecular complexity index is 594. The zero-order valence-electron chi connectivity index (χ0n) is 15.0. The molecule has 4 nitrogen and oxygen atoms in total. The fourth-order valence-electron chi connectivity index (χ4n) is 2.30. The molecule has 1 N–H and O–H groups in total. The van der Waals surface area contributed by atoms with Crippen LogP contribution in [0.1, 0.15) is 50.1 Å². The van der Waals surface area contributed by atoms with Crippen molar-refractivity contribution in [2.24, 2.45) is 0 Å². The molecule has 140 valence electrons. The number of thioether (sulfide) groups is 1. The number of amides is 1. The lowest BCUT2D eigenvalue weighted by atomic mass is 10.0. The Balaban J connectivity index is 2.57. The van der Waals surface area contributed by atoms with Crippen molar-refractivity contribution in [2.75, 3.05) is 6.54 Å². The Labute approximate surface area is 152 Å². The van der Waals surface area contributed by atoms with Crippen LogP contribution >= 0.6 is 11.8 Å². The maximum atomic E-state index is 14.0. The summed E-state index contributed by atoms with van der Waals surface area (Å²) in [6, 6.07) is 0. The van der Waals surface area contributed by atoms with Gasteiger partial charge in [0.1, 0.15) is 6.17 Å². The lowest BCUT2D eigenvalue weighted by Gasteiger charge is -2.11. The molecule has 0 bridgehead atoms. The van der Waals surface area contributed by atoms with Crippen molar-refractivity contribution in [3.63, 3.8) is 0 Å². The third-order valence-corrected chi connectivity index (χ3v) is 4.78. The van der Waals surface area contributed by atoms with Crippen molar-refractivity contribution < 1.29 is 18.1 Å². The molecule has 0 aliphatic rings. The summed E-state index contributed by atoms with van der Waals surface area (Å²) in [6.45, 7) is 8.67. The van der Waals surface area contributed by atoms with Crippen LogP contribution in [-0.4, -0.2) is 24.3 Å². The number of aromatic nitrogens is 1. The second-order valence-corrected chi connectivity index (χ2v) is 7.31. The van der Waals surface area contributed by atoms with Crippen molar-refractivity contribution in [1.82, 2.24) is 10.5 Å². The van der Waals surface area contributed by atoms with Crippen molar-refractivity contribution in [3.8, 4) is 0 Å². The minimum absolute atomic E-state index is 0.240. The Morgan fingerprint density at radius 3 is 2.76 bits per heavy atom. The van der Waals surface area contributed by atoms with E-state index >= 15 is 0 Å². The largest absolute Gasteiger partial charge is 0.359 e. The Morgan fingerprint density at radius 2 is 2.20 bits per heavy atom. The zero-order chi connectivity index (χ0) is 18.9. The number of alkyl halides is 2. The first-order valence-electron chi connectivity index (χ1n) is 8.19. The smallest absolute Gasteiger partial charge is 0.207 e. The number of rotatable bonds is 12. The normalized spacial score (nSPS) is 13.6. The van der Waals surface area contributed by atoms with E-state index in [1.165, 1.54) is 25.6 Å². The Hall–Kier alpha value is -1.63. The zero-order valence-corrected chi connectivity index (χ0v) is 15.8. The van der Waals surface area contributed by atoms with E-state index in [0.29, 0.717) is 49.2 Å². The average molecular weight is 372 g/mol. The van der Waals surface area contributed by atoms with Gasteiger partial charge in [0.2, 0.25) is 6.41 Å². The van der Waals surface area contributed by atoms with E-state index in [2.05, 4.69) is 17.1 Å². The highest BCUT2D eigenvalue weighted by atomic mass is 32.2. The number of carbonyl (C=O) groups is 1. The van der Waals surface area contributed by atoms with Gasteiger partial charge in [-0.3, -0.25) is 4.79 Å². The highest BCUT2D eigenvalue weighted by Gasteiger charge is 2.28. The number of nitrogens with zero attached hydrogens (tertiary/aromatic N) is 1. The third kappa shape index (κ3) is 7.42. The maximum absolute atomic E-state index is 14.0. The molecule has 7 heteroatoms. The summed E-state index contributed by atoms with van der Waals surface area (Å²) in [6.07, 6.45) is 4.33. The van der Waals surface area contributed by atoms with Gasteiger partial charge in [-0.2, -0.15) is 0 Å². The number of halogens is 2. The molecule has 0 aliphatic carbocycles. The highest BCUT2D eigenvalue weighted by Crippen LogP contribution is 2.32. The van der Waals surface area contributed by atoms with Gasteiger partial charge < -0.3 is 9.84 Å². The monoisotopic (exact) mass is 372 g/mol. The predicted octanol–water partition coefficient (Wildman–Crippen LogP) is 4.75. The number of hydrogen-bond acceptors (Lipinski definition) is 4. The molecule has 0 aromatic carbocycles. The van der Waals surface area contributed by atoms with E-state index in [9.17, 15) is 13.6 Å². The molecule has 1 aromatic rings. The minimum Gasteiger partial charge on any atom is -0.359 e. The molecule has 0 spiro atoms. The van der Waals surface area contributed by atoms with Crippen LogP contribution in [0, 0.1) is 6.92 Å². The fourth-order valence-corrected chi connectivity index (χ4v) is 3.34. The van der Waals surface area contributed by atoms with E-state index in [1.54, 1.807) is 13.0 Å². The number of carbonyl (C=O) groups excluding carboxylic acids is 1. The van der Waals surface area contributed by atoms with E-state index in [0.717, 1.165) is 4.91 Å². The van der Waals surface area contributed by atoms with Gasteiger partial charge in [0.05, 0.1) is 5.69 Å². The summed E-state index contributed by atoms with van der Waals surface area (Å²) >= 11 is 1.51. The molecule has 0 radical (unpaired) electrons. The van der Waals surface area contributed by atoms with Gasteiger partial charge in [-0.1, -0.05) is 23.9 Å². The molecule has 1 unspecified atom stereocenters. The molecule has 1 amide bonds. The fraction of sp³-hybridized carbons (Fsp3) is 0.556. The maximum Gasteiger partial charge on any atom is 0.207 e. The van der Waals surface area contributed by atoms with E-state index in [1.807, 2.05) is 6.08 Å². The molecule has 0 saturated carbocycles. The second kappa shape index (κ2) is 10.4. The standard InChI is InChI=1S/C18H26F2N2O2S/c1-5-6-15(8-7-14(19)9-10-21-12-23)25-11-16-13(2)17(24-22-16)18(3,4)20/h5-6,12,14H,1,7-11H2,2-4H3,(H,21,23)/b15-6-. The first-order chi connectivity index (χ1) is 11.8. The van der Waals surface area contributed by atoms with E-state index in [4.69, 9.17) is 4.52 Å². The van der Waals surface area contributed by atoms with Crippen LogP contribution in [0.2, 0.25) is 0 Å². The van der Waals surface area contributed by atoms with Gasteiger partial charge in [0.15, 0.2) is 11.4 Å². The Kier molecular flexibility index (Phi) is 8.89. The average Bonchev–Trinajstić information content (AvgIpc) is 2.91. The molecule has 1 aromatic heterocycles. The number of allylic oxidation sites excluding steroid dienone is 3. The minimum atomic E-state index is -1.57. The van der Waals surface area contributed by atoms with Crippen molar-refractivity contribution in [1.29, 1.82) is 0 Å². The van der Waals surface area contributed by atoms with Gasteiger partial charge in [-0.05, 0) is 44.9 Å². The van der Waals surface area contributed by atoms with Crippen LogP contribution in [0.3, 0.4) is 0 Å². The van der Waals surface area contributed by atoms with Crippen molar-refractivity contribution in [3.05, 3.63) is 40.7 Å². The molecule has 1 rings (SSSR count). The van der Waals surface area contributed by atoms with Crippen molar-refractivity contribution >= 4 is 18.2 Å². The van der Waals surface area contributed by atoms with Gasteiger partial charge in [-0.25, -0.2) is 8.78 Å². The first-order valence-corrected chi connectivity index (χ1v) is 9.18. The predicted molar refractivity (Wildman–Crippen MR) is 97.8 cm³/mol. The summed E-state index contributed by atoms with van der Waals surface area (Å²) in [7, 11) is 0. The molecule has 0 aliphatic heterocycles. The van der Waals surface area contributed by atoms with Crippen LogP contribution in [0.25, 0.3) is 0 Å². The van der Waals surface area contributed by atoms with Crippen LogP contribution in [0.4, 0.5) is 8.78 Å². The molecular weight excluding hydrogens is 346 g/mol. The van der Waals surface area contributed by atoms with Crippen LogP contribution < -0.4 is 5.32 Å². The molecule has 0 saturated heterocycles. The Morgan fingerprint density at radius 1 is 1.48 bits per heavy atom. The summed E-state index contributed by atoms with van der Waals surface area (Å²) < 4.78 is 33.0. The summed E-state index contributed by atoms with van der Waals surface area (Å²) in [4.78, 5) is 11.1. The summed E-state index contributed by atoms with van der Waals surface area (Å²) in [5.41, 5.74) is -0.175. The number of hydrogen-bond donors (Lipinski definition) is 1. The quantitative estimate of drug-likeness (QED) is 0.327. The van der Waals surface area contributed by atoms with Crippen LogP contribution in [0.15, 0.2) is 28.2 Å². The van der Waals surface area contributed by atoms with Crippen molar-refractivity contribution in [2.45, 2.75) is 57.6 Å². The van der Waals surface area contributed by atoms with Gasteiger partial charge in [-0.15, -0.1) is 11.8 Å². The SMILES string of the molecule is C=C/C=C(/CCC(F)CCNC=O)SCc1noc(C(C)(C)F)c1C. The van der Waals surface area contributed by atoms with E-state index < -0.39 is 11.8 Å². The second-order valence-electron chi connectivity index (χ2n) is 6.21. The molecule has 1 heterocycles. The first kappa shape index (κ1) is 21.4. The summed E-state index contributed by atoms with van der Waals surface area (Å²) in [5, 5.41) is 6.41. The van der Waals surface area contributed by atoms with Gasteiger partial charge in [0.25, 0.3) is 0 Å². The van der Waals surface area contributed by atoms with Gasteiger partial charge >= 0.3 is 0 Å². The molecule has 0 fully saturated rings. The van der Waals surface area contributed by atoms with Crippen LogP contribution in [-0.2, 0) is 16.2 Å². The van der Waals surface area contributed by atoms with E-state index in [-0.39, 0.29) is 5.76 Å². The molecule has 25 heavy (non-hydrogen) atoms. The number of nitrogens with one attached hydrogen (secondary N) is 1. The lowest BCUT2D eigenvalue weighted by molar-refractivity contribution is -0.109. The van der Waals surface area contributed by atoms with Gasteiger partial charge in [0, 0.05) is 17.9 Å². The summed E-state index contributed by atoms with van der Waals surface area (Å²) in [5.74, 6) is 0.762. The highest BCUT2D eigenvalue weighted by molar-refractivity contribution is 8.02. The molecular formula is C18H26F2N2O2S. The third-order valence-electron chi connectivity index (χ3n) is 3.65. The van der Waals surface area contributed by atoms with Crippen LogP contribution in [0.5, 0.6) is 0 Å². The molecule has 1 atom stereocenters.